The summed E-state index contributed by atoms with van der Waals surface area (Å²) < 4.78 is 6.69. The van der Waals surface area contributed by atoms with Gasteiger partial charge < -0.3 is 26.4 Å². The van der Waals surface area contributed by atoms with Crippen LogP contribution in [0.3, 0.4) is 0 Å². The number of nitrogens with two attached hydrogens (primary N) is 2. The van der Waals surface area contributed by atoms with E-state index in [1.807, 2.05) is 24.3 Å². The highest BCUT2D eigenvalue weighted by Gasteiger charge is 2.34. The quantitative estimate of drug-likeness (QED) is 0.383. The SMILES string of the molecule is COc1ccc(-n2nc(C(N)=O)c3c2C(=O)N(c2ccc(NCCCCC(N)=O)cc2)CC3)cc1. The van der Waals surface area contributed by atoms with Crippen LogP contribution in [0.25, 0.3) is 5.69 Å². The van der Waals surface area contributed by atoms with Gasteiger partial charge in [0.15, 0.2) is 5.69 Å². The number of primary amides is 2. The first-order valence-corrected chi connectivity index (χ1v) is 11.4. The summed E-state index contributed by atoms with van der Waals surface area (Å²) >= 11 is 0. The molecule has 0 saturated heterocycles. The fourth-order valence-electron chi connectivity index (χ4n) is 4.13. The molecule has 5 N–H and O–H groups in total. The van der Waals surface area contributed by atoms with Gasteiger partial charge in [0.25, 0.3) is 11.8 Å². The summed E-state index contributed by atoms with van der Waals surface area (Å²) in [4.78, 5) is 38.1. The van der Waals surface area contributed by atoms with Crippen LogP contribution in [-0.4, -0.2) is 47.7 Å². The average Bonchev–Trinajstić information content (AvgIpc) is 3.25. The normalized spacial score (nSPS) is 12.8. The summed E-state index contributed by atoms with van der Waals surface area (Å²) in [7, 11) is 1.57. The van der Waals surface area contributed by atoms with Crippen LogP contribution in [-0.2, 0) is 11.2 Å². The summed E-state index contributed by atoms with van der Waals surface area (Å²) in [5.74, 6) is -0.547. The van der Waals surface area contributed by atoms with E-state index in [0.29, 0.717) is 42.1 Å². The third-order valence-corrected chi connectivity index (χ3v) is 5.93. The predicted octanol–water partition coefficient (Wildman–Crippen LogP) is 2.25. The zero-order valence-electron chi connectivity index (χ0n) is 19.5. The van der Waals surface area contributed by atoms with Gasteiger partial charge in [-0.3, -0.25) is 14.4 Å². The third-order valence-electron chi connectivity index (χ3n) is 5.93. The van der Waals surface area contributed by atoms with Gasteiger partial charge >= 0.3 is 0 Å². The minimum atomic E-state index is -0.666. The van der Waals surface area contributed by atoms with Gasteiger partial charge in [0.05, 0.1) is 12.8 Å². The summed E-state index contributed by atoms with van der Waals surface area (Å²) in [5, 5.41) is 7.68. The van der Waals surface area contributed by atoms with E-state index in [9.17, 15) is 14.4 Å². The monoisotopic (exact) mass is 476 g/mol. The molecule has 0 aliphatic carbocycles. The number of unbranched alkanes of at least 4 members (excludes halogenated alkanes) is 1. The molecule has 0 radical (unpaired) electrons. The fourth-order valence-corrected chi connectivity index (χ4v) is 4.13. The molecule has 0 spiro atoms. The van der Waals surface area contributed by atoms with Crippen molar-refractivity contribution in [3.63, 3.8) is 0 Å². The maximum absolute atomic E-state index is 13.6. The number of nitrogens with zero attached hydrogens (tertiary/aromatic N) is 3. The van der Waals surface area contributed by atoms with Gasteiger partial charge in [0.2, 0.25) is 5.91 Å². The standard InChI is InChI=1S/C25H28N6O4/c1-35-19-11-9-18(10-12-19)31-23-20(22(29-31)24(27)33)13-15-30(25(23)34)17-7-5-16(6-8-17)28-14-3-2-4-21(26)32/h5-12,28H,2-4,13-15H2,1H3,(H2,26,32)(H2,27,33). The lowest BCUT2D eigenvalue weighted by Gasteiger charge is -2.28. The number of amides is 3. The molecule has 10 heteroatoms. The van der Waals surface area contributed by atoms with Gasteiger partial charge in [0, 0.05) is 36.4 Å². The largest absolute Gasteiger partial charge is 0.497 e. The molecule has 3 amide bonds. The maximum atomic E-state index is 13.6. The zero-order chi connectivity index (χ0) is 24.9. The Labute approximate surface area is 202 Å². The molecule has 0 unspecified atom stereocenters. The van der Waals surface area contributed by atoms with Crippen molar-refractivity contribution in [1.82, 2.24) is 9.78 Å². The molecule has 0 atom stereocenters. The van der Waals surface area contributed by atoms with Gasteiger partial charge in [-0.1, -0.05) is 0 Å². The second-order valence-corrected chi connectivity index (χ2v) is 8.25. The van der Waals surface area contributed by atoms with Crippen molar-refractivity contribution in [2.24, 2.45) is 11.5 Å². The van der Waals surface area contributed by atoms with Crippen molar-refractivity contribution in [3.8, 4) is 11.4 Å². The molecule has 35 heavy (non-hydrogen) atoms. The smallest absolute Gasteiger partial charge is 0.277 e. The third kappa shape index (κ3) is 5.11. The van der Waals surface area contributed by atoms with Gasteiger partial charge in [-0.25, -0.2) is 4.68 Å². The summed E-state index contributed by atoms with van der Waals surface area (Å²) in [5.41, 5.74) is 14.0. The molecule has 1 aliphatic rings. The average molecular weight is 477 g/mol. The molecule has 0 bridgehead atoms. The Bertz CT molecular complexity index is 1230. The number of fused-ring (bicyclic) bond motifs is 1. The number of hydrogen-bond acceptors (Lipinski definition) is 6. The molecule has 1 aromatic heterocycles. The lowest BCUT2D eigenvalue weighted by molar-refractivity contribution is -0.118. The highest BCUT2D eigenvalue weighted by atomic mass is 16.5. The first-order valence-electron chi connectivity index (χ1n) is 11.4. The Balaban J connectivity index is 1.55. The minimum Gasteiger partial charge on any atom is -0.497 e. The Hall–Kier alpha value is -4.34. The lowest BCUT2D eigenvalue weighted by atomic mass is 10.0. The van der Waals surface area contributed by atoms with Gasteiger partial charge in [-0.2, -0.15) is 5.10 Å². The summed E-state index contributed by atoms with van der Waals surface area (Å²) in [6.45, 7) is 1.12. The Morgan fingerprint density at radius 1 is 1.03 bits per heavy atom. The van der Waals surface area contributed by atoms with E-state index in [-0.39, 0.29) is 17.5 Å². The van der Waals surface area contributed by atoms with Crippen LogP contribution in [0.15, 0.2) is 48.5 Å². The van der Waals surface area contributed by atoms with E-state index in [2.05, 4.69) is 10.4 Å². The first-order chi connectivity index (χ1) is 16.9. The van der Waals surface area contributed by atoms with E-state index in [4.69, 9.17) is 16.2 Å². The first kappa shape index (κ1) is 23.8. The number of aromatic nitrogens is 2. The van der Waals surface area contributed by atoms with Crippen molar-refractivity contribution in [3.05, 3.63) is 65.5 Å². The van der Waals surface area contributed by atoms with Gasteiger partial charge in [-0.15, -0.1) is 0 Å². The van der Waals surface area contributed by atoms with Crippen molar-refractivity contribution in [1.29, 1.82) is 0 Å². The zero-order valence-corrected chi connectivity index (χ0v) is 19.5. The van der Waals surface area contributed by atoms with Crippen LogP contribution in [0.5, 0.6) is 5.75 Å². The molecule has 2 aromatic carbocycles. The molecular formula is C25H28N6O4. The van der Waals surface area contributed by atoms with Crippen molar-refractivity contribution in [2.45, 2.75) is 25.7 Å². The lowest BCUT2D eigenvalue weighted by Crippen LogP contribution is -2.39. The molecule has 4 rings (SSSR count). The van der Waals surface area contributed by atoms with Crippen LogP contribution in [0.1, 0.15) is 45.8 Å². The number of ether oxygens (including phenoxy) is 1. The van der Waals surface area contributed by atoms with E-state index >= 15 is 0 Å². The minimum absolute atomic E-state index is 0.111. The second-order valence-electron chi connectivity index (χ2n) is 8.25. The predicted molar refractivity (Wildman–Crippen MR) is 132 cm³/mol. The second kappa shape index (κ2) is 10.3. The van der Waals surface area contributed by atoms with Crippen molar-refractivity contribution < 1.29 is 19.1 Å². The van der Waals surface area contributed by atoms with Crippen LogP contribution in [0, 0.1) is 0 Å². The highest BCUT2D eigenvalue weighted by molar-refractivity contribution is 6.09. The molecule has 10 nitrogen and oxygen atoms in total. The Morgan fingerprint density at radius 3 is 2.34 bits per heavy atom. The van der Waals surface area contributed by atoms with E-state index in [1.54, 1.807) is 36.3 Å². The highest BCUT2D eigenvalue weighted by Crippen LogP contribution is 2.30. The summed E-state index contributed by atoms with van der Waals surface area (Å²) in [6.07, 6.45) is 2.40. The van der Waals surface area contributed by atoms with E-state index in [1.165, 1.54) is 4.68 Å². The van der Waals surface area contributed by atoms with Crippen LogP contribution in [0.2, 0.25) is 0 Å². The molecule has 0 fully saturated rings. The number of carbonyl (C=O) groups is 3. The molecule has 182 valence electrons. The van der Waals surface area contributed by atoms with E-state index < -0.39 is 5.91 Å². The number of anilines is 2. The number of carbonyl (C=O) groups excluding carboxylic acids is 3. The number of benzene rings is 2. The molecule has 1 aliphatic heterocycles. The molecular weight excluding hydrogens is 448 g/mol. The maximum Gasteiger partial charge on any atom is 0.277 e. The summed E-state index contributed by atoms with van der Waals surface area (Å²) in [6, 6.07) is 14.6. The fraction of sp³-hybridized carbons (Fsp3) is 0.280. The van der Waals surface area contributed by atoms with Crippen molar-refractivity contribution >= 4 is 29.1 Å². The van der Waals surface area contributed by atoms with Crippen molar-refractivity contribution in [2.75, 3.05) is 30.4 Å². The van der Waals surface area contributed by atoms with E-state index in [0.717, 1.165) is 30.8 Å². The van der Waals surface area contributed by atoms with Gasteiger partial charge in [-0.05, 0) is 67.8 Å². The number of nitrogens with one attached hydrogen (secondary N) is 1. The number of methoxy groups -OCH3 is 1. The Kier molecular flexibility index (Phi) is 7.00. The molecule has 2 heterocycles. The number of hydrogen-bond donors (Lipinski definition) is 3. The van der Waals surface area contributed by atoms with Crippen LogP contribution >= 0.6 is 0 Å². The number of rotatable bonds is 10. The molecule has 3 aromatic rings. The topological polar surface area (TPSA) is 146 Å². The van der Waals surface area contributed by atoms with Crippen LogP contribution < -0.4 is 26.4 Å². The molecule has 0 saturated carbocycles. The van der Waals surface area contributed by atoms with Crippen LogP contribution in [0.4, 0.5) is 11.4 Å². The van der Waals surface area contributed by atoms with Gasteiger partial charge in [0.1, 0.15) is 11.4 Å². The Morgan fingerprint density at radius 2 is 1.71 bits per heavy atom.